The average molecular weight is 312 g/mol. The molecule has 0 aliphatic carbocycles. The number of phenolic OH excluding ortho intramolecular Hbond substituents is 3. The highest BCUT2D eigenvalue weighted by molar-refractivity contribution is 5.89. The zero-order chi connectivity index (χ0) is 16.7. The second-order valence-corrected chi connectivity index (χ2v) is 5.68. The predicted octanol–water partition coefficient (Wildman–Crippen LogP) is 2.83. The van der Waals surface area contributed by atoms with Crippen LogP contribution in [0.15, 0.2) is 35.1 Å². The van der Waals surface area contributed by atoms with E-state index < -0.39 is 22.8 Å². The Labute approximate surface area is 131 Å². The van der Waals surface area contributed by atoms with E-state index in [0.717, 1.165) is 17.2 Å². The molecule has 3 aromatic rings. The van der Waals surface area contributed by atoms with Crippen LogP contribution in [0.2, 0.25) is 0 Å². The second-order valence-electron chi connectivity index (χ2n) is 5.68. The Kier molecular flexibility index (Phi) is 3.44. The summed E-state index contributed by atoms with van der Waals surface area (Å²) in [4.78, 5) is 19.1. The van der Waals surface area contributed by atoms with Gasteiger partial charge in [-0.3, -0.25) is 4.79 Å². The van der Waals surface area contributed by atoms with Gasteiger partial charge in [0.05, 0.1) is 5.52 Å². The molecule has 23 heavy (non-hydrogen) atoms. The molecule has 0 bridgehead atoms. The third-order valence-corrected chi connectivity index (χ3v) is 3.75. The van der Waals surface area contributed by atoms with Gasteiger partial charge in [-0.05, 0) is 17.5 Å². The van der Waals surface area contributed by atoms with Gasteiger partial charge < -0.3 is 20.3 Å². The van der Waals surface area contributed by atoms with Crippen molar-refractivity contribution in [2.75, 3.05) is 0 Å². The van der Waals surface area contributed by atoms with Crippen molar-refractivity contribution in [2.24, 2.45) is 0 Å². The van der Waals surface area contributed by atoms with Gasteiger partial charge >= 0.3 is 0 Å². The normalized spacial score (nSPS) is 11.3. The third kappa shape index (κ3) is 2.48. The number of H-pyrrole nitrogens is 1. The second kappa shape index (κ2) is 5.31. The van der Waals surface area contributed by atoms with Crippen LogP contribution in [0.1, 0.15) is 25.3 Å². The van der Waals surface area contributed by atoms with Crippen molar-refractivity contribution in [3.8, 4) is 28.6 Å². The van der Waals surface area contributed by atoms with Gasteiger partial charge in [-0.1, -0.05) is 32.0 Å². The fourth-order valence-electron chi connectivity index (χ4n) is 2.44. The van der Waals surface area contributed by atoms with E-state index in [1.165, 1.54) is 0 Å². The van der Waals surface area contributed by atoms with E-state index in [1.54, 1.807) is 0 Å². The molecule has 0 aliphatic rings. The molecule has 0 saturated heterocycles. The molecule has 0 radical (unpaired) electrons. The van der Waals surface area contributed by atoms with Gasteiger partial charge in [0.15, 0.2) is 11.5 Å². The monoisotopic (exact) mass is 312 g/mol. The molecule has 0 unspecified atom stereocenters. The highest BCUT2D eigenvalue weighted by Gasteiger charge is 2.16. The van der Waals surface area contributed by atoms with Crippen molar-refractivity contribution in [1.82, 2.24) is 9.97 Å². The van der Waals surface area contributed by atoms with Gasteiger partial charge in [0.25, 0.3) is 5.56 Å². The van der Waals surface area contributed by atoms with Crippen LogP contribution in [0.5, 0.6) is 17.2 Å². The lowest BCUT2D eigenvalue weighted by atomic mass is 10.0. The zero-order valence-electron chi connectivity index (χ0n) is 12.7. The first-order valence-corrected chi connectivity index (χ1v) is 7.16. The lowest BCUT2D eigenvalue weighted by Gasteiger charge is -2.09. The minimum Gasteiger partial charge on any atom is -0.504 e. The third-order valence-electron chi connectivity index (χ3n) is 3.75. The number of aromatic hydroxyl groups is 3. The van der Waals surface area contributed by atoms with Crippen LogP contribution in [-0.4, -0.2) is 25.3 Å². The largest absolute Gasteiger partial charge is 0.504 e. The van der Waals surface area contributed by atoms with Crippen LogP contribution >= 0.6 is 0 Å². The van der Waals surface area contributed by atoms with Crippen LogP contribution in [0.4, 0.5) is 0 Å². The minimum atomic E-state index is -0.737. The topological polar surface area (TPSA) is 106 Å². The summed E-state index contributed by atoms with van der Waals surface area (Å²) in [6.45, 7) is 4.13. The number of hydrogen-bond acceptors (Lipinski definition) is 5. The number of nitrogens with zero attached hydrogens (tertiary/aromatic N) is 1. The molecule has 0 spiro atoms. The number of aromatic amines is 1. The van der Waals surface area contributed by atoms with Crippen LogP contribution in [0.25, 0.3) is 22.3 Å². The number of phenols is 3. The first kappa shape index (κ1) is 14.9. The van der Waals surface area contributed by atoms with Crippen LogP contribution in [0.3, 0.4) is 0 Å². The van der Waals surface area contributed by atoms with E-state index in [1.807, 2.05) is 24.3 Å². The molecule has 4 N–H and O–H groups in total. The summed E-state index contributed by atoms with van der Waals surface area (Å²) >= 11 is 0. The van der Waals surface area contributed by atoms with E-state index in [2.05, 4.69) is 23.8 Å². The summed E-state index contributed by atoms with van der Waals surface area (Å²) in [5, 5.41) is 28.8. The van der Waals surface area contributed by atoms with E-state index in [4.69, 9.17) is 0 Å². The average Bonchev–Trinajstić information content (AvgIpc) is 2.52. The lowest BCUT2D eigenvalue weighted by Crippen LogP contribution is -2.10. The first-order valence-electron chi connectivity index (χ1n) is 7.16. The fraction of sp³-hybridized carbons (Fsp3) is 0.176. The summed E-state index contributed by atoms with van der Waals surface area (Å²) in [7, 11) is 0. The Balaban J connectivity index is 2.27. The number of nitrogens with one attached hydrogen (secondary N) is 1. The Morgan fingerprint density at radius 1 is 1.09 bits per heavy atom. The standard InChI is InChI=1S/C17H16N2O4/c1-8(2)9-4-3-5-10(6-9)16-18-11-7-12(20)14(21)15(22)13(11)17(23)19-16/h3-8,20-22H,1-2H3,(H,18,19,23). The van der Waals surface area contributed by atoms with E-state index >= 15 is 0 Å². The van der Waals surface area contributed by atoms with Crippen LogP contribution < -0.4 is 5.56 Å². The Bertz CT molecular complexity index is 961. The van der Waals surface area contributed by atoms with E-state index in [9.17, 15) is 20.1 Å². The lowest BCUT2D eigenvalue weighted by molar-refractivity contribution is 0.371. The highest BCUT2D eigenvalue weighted by atomic mass is 16.3. The van der Waals surface area contributed by atoms with Crippen LogP contribution in [0, 0.1) is 0 Å². The summed E-state index contributed by atoms with van der Waals surface area (Å²) in [5.74, 6) is -1.30. The zero-order valence-corrected chi connectivity index (χ0v) is 12.7. The quantitative estimate of drug-likeness (QED) is 0.544. The van der Waals surface area contributed by atoms with Gasteiger partial charge in [-0.2, -0.15) is 0 Å². The number of fused-ring (bicyclic) bond motifs is 1. The molecule has 118 valence electrons. The van der Waals surface area contributed by atoms with Crippen molar-refractivity contribution in [3.05, 3.63) is 46.2 Å². The molecule has 6 nitrogen and oxygen atoms in total. The molecule has 1 heterocycles. The number of benzene rings is 2. The molecule has 0 atom stereocenters. The van der Waals surface area contributed by atoms with E-state index in [0.29, 0.717) is 11.7 Å². The molecular weight excluding hydrogens is 296 g/mol. The molecule has 2 aromatic carbocycles. The molecule has 0 amide bonds. The maximum atomic E-state index is 12.2. The van der Waals surface area contributed by atoms with Crippen LogP contribution in [-0.2, 0) is 0 Å². The highest BCUT2D eigenvalue weighted by Crippen LogP contribution is 2.39. The maximum Gasteiger partial charge on any atom is 0.262 e. The summed E-state index contributed by atoms with van der Waals surface area (Å²) in [6, 6.07) is 8.75. The number of hydrogen-bond donors (Lipinski definition) is 4. The Morgan fingerprint density at radius 2 is 1.83 bits per heavy atom. The number of rotatable bonds is 2. The Hall–Kier alpha value is -3.02. The van der Waals surface area contributed by atoms with Crippen molar-refractivity contribution >= 4 is 10.9 Å². The number of aromatic nitrogens is 2. The summed E-state index contributed by atoms with van der Waals surface area (Å²) in [5.41, 5.74) is 1.34. The molecule has 0 aliphatic heterocycles. The summed E-state index contributed by atoms with van der Waals surface area (Å²) in [6.07, 6.45) is 0. The molecule has 0 saturated carbocycles. The van der Waals surface area contributed by atoms with Crippen molar-refractivity contribution in [2.45, 2.75) is 19.8 Å². The van der Waals surface area contributed by atoms with Crippen molar-refractivity contribution < 1.29 is 15.3 Å². The molecular formula is C17H16N2O4. The van der Waals surface area contributed by atoms with Gasteiger partial charge in [0.1, 0.15) is 11.2 Å². The summed E-state index contributed by atoms with van der Waals surface area (Å²) < 4.78 is 0. The first-order chi connectivity index (χ1) is 10.9. The fourth-order valence-corrected chi connectivity index (χ4v) is 2.44. The predicted molar refractivity (Wildman–Crippen MR) is 86.9 cm³/mol. The van der Waals surface area contributed by atoms with Crippen molar-refractivity contribution in [3.63, 3.8) is 0 Å². The SMILES string of the molecule is CC(C)c1cccc(-c2nc3cc(O)c(O)c(O)c3c(=O)[nH]2)c1. The van der Waals surface area contributed by atoms with Crippen molar-refractivity contribution in [1.29, 1.82) is 0 Å². The molecule has 1 aromatic heterocycles. The molecule has 3 rings (SSSR count). The van der Waals surface area contributed by atoms with Gasteiger partial charge in [0.2, 0.25) is 5.75 Å². The molecule has 0 fully saturated rings. The molecule has 6 heteroatoms. The smallest absolute Gasteiger partial charge is 0.262 e. The van der Waals surface area contributed by atoms with E-state index in [-0.39, 0.29) is 10.9 Å². The van der Waals surface area contributed by atoms with Gasteiger partial charge in [0, 0.05) is 11.6 Å². The van der Waals surface area contributed by atoms with Gasteiger partial charge in [-0.15, -0.1) is 0 Å². The maximum absolute atomic E-state index is 12.2. The minimum absolute atomic E-state index is 0.103. The Morgan fingerprint density at radius 3 is 2.52 bits per heavy atom. The van der Waals surface area contributed by atoms with Gasteiger partial charge in [-0.25, -0.2) is 4.98 Å².